The predicted octanol–water partition coefficient (Wildman–Crippen LogP) is 3.59. The lowest BCUT2D eigenvalue weighted by molar-refractivity contribution is -0.132. The van der Waals surface area contributed by atoms with Crippen LogP contribution in [0.4, 0.5) is 5.82 Å². The minimum Gasteiger partial charge on any atom is -0.507 e. The summed E-state index contributed by atoms with van der Waals surface area (Å²) < 4.78 is 1.79. The van der Waals surface area contributed by atoms with E-state index >= 15 is 0 Å². The molecule has 2 aromatic heterocycles. The summed E-state index contributed by atoms with van der Waals surface area (Å²) in [7, 11) is 3.90. The second-order valence-electron chi connectivity index (χ2n) is 10.1. The Labute approximate surface area is 218 Å². The fourth-order valence-corrected chi connectivity index (χ4v) is 5.47. The predicted molar refractivity (Wildman–Crippen MR) is 150 cm³/mol. The summed E-state index contributed by atoms with van der Waals surface area (Å²) in [6, 6.07) is 19.4. The second-order valence-corrected chi connectivity index (χ2v) is 10.1. The van der Waals surface area contributed by atoms with Crippen molar-refractivity contribution in [3.05, 3.63) is 72.4 Å². The van der Waals surface area contributed by atoms with E-state index < -0.39 is 0 Å². The van der Waals surface area contributed by atoms with Gasteiger partial charge in [-0.2, -0.15) is 9.61 Å². The molecule has 190 valence electrons. The molecule has 0 saturated heterocycles. The smallest absolute Gasteiger partial charge is 0.230 e. The number of fused-ring (bicyclic) bond motifs is 1. The van der Waals surface area contributed by atoms with E-state index in [1.54, 1.807) is 22.8 Å². The number of carbonyl (C=O) groups is 1. The first kappa shape index (κ1) is 24.9. The summed E-state index contributed by atoms with van der Waals surface area (Å²) in [6.45, 7) is 1.34. The van der Waals surface area contributed by atoms with Gasteiger partial charge in [-0.25, -0.2) is 4.98 Å². The number of aromatic hydroxyl groups is 1. The van der Waals surface area contributed by atoms with Gasteiger partial charge in [0.15, 0.2) is 5.65 Å². The summed E-state index contributed by atoms with van der Waals surface area (Å²) in [4.78, 5) is 20.2. The van der Waals surface area contributed by atoms with Gasteiger partial charge in [-0.15, -0.1) is 0 Å². The lowest BCUT2D eigenvalue weighted by Gasteiger charge is -2.28. The summed E-state index contributed by atoms with van der Waals surface area (Å²) in [6.07, 6.45) is 7.27. The summed E-state index contributed by atoms with van der Waals surface area (Å²) in [5.41, 5.74) is 4.21. The van der Waals surface area contributed by atoms with Gasteiger partial charge >= 0.3 is 0 Å². The lowest BCUT2D eigenvalue weighted by atomic mass is 9.84. The molecule has 7 nitrogen and oxygen atoms in total. The van der Waals surface area contributed by atoms with Crippen molar-refractivity contribution in [1.82, 2.24) is 19.5 Å². The molecule has 1 amide bonds. The number of benzene rings is 2. The van der Waals surface area contributed by atoms with Crippen molar-refractivity contribution >= 4 is 30.7 Å². The maximum absolute atomic E-state index is 13.6. The molecule has 0 radical (unpaired) electrons. The van der Waals surface area contributed by atoms with Gasteiger partial charge in [-0.05, 0) is 48.3 Å². The highest BCUT2D eigenvalue weighted by Crippen LogP contribution is 2.38. The number of likely N-dealkylation sites (N-methyl/N-ethyl adjacent to an activating group) is 1. The molecule has 4 aromatic rings. The average molecular weight is 495 g/mol. The van der Waals surface area contributed by atoms with E-state index in [-0.39, 0.29) is 17.6 Å². The Morgan fingerprint density at radius 2 is 1.89 bits per heavy atom. The highest BCUT2D eigenvalue weighted by Gasteiger charge is 2.33. The van der Waals surface area contributed by atoms with Crippen LogP contribution < -0.4 is 10.8 Å². The zero-order valence-corrected chi connectivity index (χ0v) is 21.6. The van der Waals surface area contributed by atoms with Gasteiger partial charge in [0.1, 0.15) is 19.4 Å². The average Bonchev–Trinajstić information content (AvgIpc) is 3.58. The molecule has 1 atom stereocenters. The number of phenolic OH excluding ortho intramolecular Hbond substituents is 1. The second kappa shape index (κ2) is 11.1. The number of nitrogens with zero attached hydrogens (tertiary/aromatic N) is 4. The van der Waals surface area contributed by atoms with Crippen LogP contribution in [0.1, 0.15) is 43.6 Å². The van der Waals surface area contributed by atoms with Crippen LogP contribution >= 0.6 is 0 Å². The third-order valence-electron chi connectivity index (χ3n) is 7.48. The highest BCUT2D eigenvalue weighted by atomic mass is 16.3. The first-order valence-electron chi connectivity index (χ1n) is 13.2. The van der Waals surface area contributed by atoms with Crippen molar-refractivity contribution in [2.75, 3.05) is 25.5 Å². The number of para-hydroxylation sites is 1. The number of aromatic nitrogens is 3. The maximum Gasteiger partial charge on any atom is 0.230 e. The van der Waals surface area contributed by atoms with Crippen LogP contribution in [0, 0.1) is 5.92 Å². The van der Waals surface area contributed by atoms with Crippen LogP contribution in [0.15, 0.2) is 66.9 Å². The van der Waals surface area contributed by atoms with E-state index in [1.807, 2.05) is 56.2 Å². The molecule has 0 aliphatic heterocycles. The van der Waals surface area contributed by atoms with Crippen LogP contribution in [0.2, 0.25) is 0 Å². The van der Waals surface area contributed by atoms with Crippen molar-refractivity contribution in [3.63, 3.8) is 0 Å². The normalized spacial score (nSPS) is 14.6. The number of phenols is 1. The summed E-state index contributed by atoms with van der Waals surface area (Å²) in [5.74, 6) is 1.58. The molecule has 1 aliphatic carbocycles. The fourth-order valence-electron chi connectivity index (χ4n) is 5.47. The van der Waals surface area contributed by atoms with Crippen LogP contribution in [-0.2, 0) is 4.79 Å². The molecule has 5 rings (SSSR count). The third-order valence-corrected chi connectivity index (χ3v) is 7.48. The van der Waals surface area contributed by atoms with E-state index in [1.165, 1.54) is 12.8 Å². The number of hydrogen-bond acceptors (Lipinski definition) is 5. The number of nitrogens with one attached hydrogen (secondary N) is 1. The highest BCUT2D eigenvalue weighted by molar-refractivity contribution is 6.36. The topological polar surface area (TPSA) is 82.8 Å². The number of amides is 1. The minimum absolute atomic E-state index is 0.0605. The quantitative estimate of drug-likeness (QED) is 0.274. The molecular formula is C29H34BN5O2. The fraction of sp³-hybridized carbons (Fsp3) is 0.345. The van der Waals surface area contributed by atoms with Gasteiger partial charge in [-0.1, -0.05) is 55.3 Å². The Kier molecular flexibility index (Phi) is 7.44. The van der Waals surface area contributed by atoms with Gasteiger partial charge in [0.05, 0.1) is 11.6 Å². The molecule has 1 saturated carbocycles. The molecule has 1 aliphatic rings. The van der Waals surface area contributed by atoms with E-state index in [4.69, 9.17) is 4.98 Å². The third kappa shape index (κ3) is 5.33. The molecule has 0 spiro atoms. The largest absolute Gasteiger partial charge is 0.507 e. The maximum atomic E-state index is 13.6. The Balaban J connectivity index is 1.27. The number of anilines is 1. The van der Waals surface area contributed by atoms with Gasteiger partial charge in [0, 0.05) is 38.0 Å². The zero-order chi connectivity index (χ0) is 25.8. The van der Waals surface area contributed by atoms with Gasteiger partial charge in [-0.3, -0.25) is 4.79 Å². The Morgan fingerprint density at radius 1 is 1.16 bits per heavy atom. The molecular weight excluding hydrogens is 461 g/mol. The molecule has 37 heavy (non-hydrogen) atoms. The van der Waals surface area contributed by atoms with Crippen molar-refractivity contribution < 1.29 is 9.90 Å². The van der Waals surface area contributed by atoms with Crippen molar-refractivity contribution in [1.29, 1.82) is 0 Å². The van der Waals surface area contributed by atoms with Crippen LogP contribution in [0.3, 0.4) is 0 Å². The standard InChI is InChI=1S/C29H34BN5O2/c1-34(29(37)27(21-12-5-6-13-21)20-10-3-2-4-11-20)17-9-16-31-26-18-24(22-14-7-8-15-25(22)36)33-28-23(30)19-32-35(26)28/h2-4,7-8,10-11,14-15,18-19,21,27,31,36H,5-6,9,12-13,16-17,30H2,1H3. The minimum atomic E-state index is -0.0605. The summed E-state index contributed by atoms with van der Waals surface area (Å²) in [5, 5.41) is 18.3. The SMILES string of the molecule is Bc1cnn2c(NCCCN(C)C(=O)C(c3ccccc3)C3CCCC3)cc(-c3ccccc3O)nc12. The first-order valence-corrected chi connectivity index (χ1v) is 13.2. The Hall–Kier alpha value is -3.81. The zero-order valence-electron chi connectivity index (χ0n) is 21.6. The molecule has 1 unspecified atom stereocenters. The van der Waals surface area contributed by atoms with Gasteiger partial charge in [0.25, 0.3) is 0 Å². The van der Waals surface area contributed by atoms with E-state index in [2.05, 4.69) is 22.5 Å². The van der Waals surface area contributed by atoms with Gasteiger partial charge in [0.2, 0.25) is 5.91 Å². The Bertz CT molecular complexity index is 1370. The monoisotopic (exact) mass is 495 g/mol. The molecule has 8 heteroatoms. The Morgan fingerprint density at radius 3 is 2.65 bits per heavy atom. The molecule has 2 heterocycles. The van der Waals surface area contributed by atoms with Gasteiger partial charge < -0.3 is 15.3 Å². The molecule has 1 fully saturated rings. The van der Waals surface area contributed by atoms with Crippen molar-refractivity contribution in [2.24, 2.45) is 5.92 Å². The molecule has 2 N–H and O–H groups in total. The number of carbonyl (C=O) groups excluding carboxylic acids is 1. The van der Waals surface area contributed by atoms with E-state index in [0.29, 0.717) is 30.3 Å². The van der Waals surface area contributed by atoms with Crippen LogP contribution in [-0.4, -0.2) is 58.5 Å². The number of rotatable bonds is 9. The lowest BCUT2D eigenvalue weighted by Crippen LogP contribution is -2.36. The van der Waals surface area contributed by atoms with Crippen LogP contribution in [0.5, 0.6) is 5.75 Å². The van der Waals surface area contributed by atoms with E-state index in [0.717, 1.165) is 41.8 Å². The van der Waals surface area contributed by atoms with E-state index in [9.17, 15) is 9.90 Å². The molecule has 2 aromatic carbocycles. The van der Waals surface area contributed by atoms with Crippen molar-refractivity contribution in [3.8, 4) is 17.0 Å². The first-order chi connectivity index (χ1) is 18.0. The molecule has 0 bridgehead atoms. The van der Waals surface area contributed by atoms with Crippen LogP contribution in [0.25, 0.3) is 16.9 Å². The summed E-state index contributed by atoms with van der Waals surface area (Å²) >= 11 is 0. The van der Waals surface area contributed by atoms with Crippen molar-refractivity contribution in [2.45, 2.75) is 38.0 Å². The number of hydrogen-bond donors (Lipinski definition) is 2.